The van der Waals surface area contributed by atoms with Crippen LogP contribution in [0.5, 0.6) is 5.75 Å². The van der Waals surface area contributed by atoms with Crippen molar-refractivity contribution in [2.24, 2.45) is 5.92 Å². The molecule has 0 bridgehead atoms. The number of hydrogen-bond donors (Lipinski definition) is 1. The van der Waals surface area contributed by atoms with Crippen molar-refractivity contribution in [2.75, 3.05) is 46.2 Å². The lowest BCUT2D eigenvalue weighted by Crippen LogP contribution is -2.49. The fourth-order valence-electron chi connectivity index (χ4n) is 3.11. The molecule has 0 spiro atoms. The van der Waals surface area contributed by atoms with E-state index in [0.29, 0.717) is 24.4 Å². The predicted octanol–water partition coefficient (Wildman–Crippen LogP) is 2.27. The first kappa shape index (κ1) is 20.9. The van der Waals surface area contributed by atoms with Crippen molar-refractivity contribution in [1.82, 2.24) is 15.1 Å². The average Bonchev–Trinajstić information content (AvgIpc) is 2.58. The summed E-state index contributed by atoms with van der Waals surface area (Å²) in [5.41, 5.74) is 1.49. The molecule has 0 unspecified atom stereocenters. The molecule has 3 amide bonds. The first-order valence-electron chi connectivity index (χ1n) is 9.35. The Balaban J connectivity index is 2.29. The van der Waals surface area contributed by atoms with E-state index in [1.807, 2.05) is 65.0 Å². The number of benzene rings is 1. The topological polar surface area (TPSA) is 65.1 Å². The second kappa shape index (κ2) is 8.50. The molecule has 27 heavy (non-hydrogen) atoms. The maximum atomic E-state index is 12.8. The minimum atomic E-state index is -0.215. The zero-order valence-electron chi connectivity index (χ0n) is 17.4. The van der Waals surface area contributed by atoms with Crippen LogP contribution in [-0.4, -0.2) is 75.2 Å². The Hall–Kier alpha value is -2.44. The van der Waals surface area contributed by atoms with Gasteiger partial charge in [-0.2, -0.15) is 0 Å². The number of rotatable bonds is 4. The van der Waals surface area contributed by atoms with E-state index in [0.717, 1.165) is 5.69 Å². The maximum absolute atomic E-state index is 12.8. The van der Waals surface area contributed by atoms with Crippen LogP contribution in [0.3, 0.4) is 0 Å². The van der Waals surface area contributed by atoms with Crippen molar-refractivity contribution in [3.8, 4) is 5.75 Å². The van der Waals surface area contributed by atoms with Gasteiger partial charge in [0.15, 0.2) is 0 Å². The highest BCUT2D eigenvalue weighted by Crippen LogP contribution is 2.30. The van der Waals surface area contributed by atoms with Gasteiger partial charge in [-0.3, -0.25) is 4.79 Å². The Labute approximate surface area is 162 Å². The zero-order valence-corrected chi connectivity index (χ0v) is 17.4. The van der Waals surface area contributed by atoms with Crippen LogP contribution in [0.15, 0.2) is 18.2 Å². The van der Waals surface area contributed by atoms with Gasteiger partial charge in [-0.05, 0) is 32.0 Å². The number of ether oxygens (including phenoxy) is 1. The third-order valence-electron chi connectivity index (χ3n) is 4.74. The number of likely N-dealkylation sites (N-methyl/N-ethyl adjacent to an activating group) is 1. The summed E-state index contributed by atoms with van der Waals surface area (Å²) < 4.78 is 6.24. The number of hydrogen-bond acceptors (Lipinski definition) is 4. The van der Waals surface area contributed by atoms with E-state index >= 15 is 0 Å². The average molecular weight is 377 g/mol. The van der Waals surface area contributed by atoms with Crippen LogP contribution in [0.25, 0.3) is 0 Å². The molecule has 1 heterocycles. The van der Waals surface area contributed by atoms with E-state index in [9.17, 15) is 9.59 Å². The van der Waals surface area contributed by atoms with Crippen molar-refractivity contribution in [3.05, 3.63) is 23.8 Å². The predicted molar refractivity (Wildman–Crippen MR) is 108 cm³/mol. The summed E-state index contributed by atoms with van der Waals surface area (Å²) in [5.74, 6) is 0.589. The van der Waals surface area contributed by atoms with Crippen LogP contribution in [0.4, 0.5) is 10.5 Å². The largest absolute Gasteiger partial charge is 0.487 e. The van der Waals surface area contributed by atoms with Gasteiger partial charge in [-0.25, -0.2) is 4.79 Å². The van der Waals surface area contributed by atoms with Gasteiger partial charge < -0.3 is 24.8 Å². The Bertz CT molecular complexity index is 690. The molecule has 150 valence electrons. The van der Waals surface area contributed by atoms with E-state index in [2.05, 4.69) is 5.32 Å². The van der Waals surface area contributed by atoms with Crippen LogP contribution < -0.4 is 15.0 Å². The summed E-state index contributed by atoms with van der Waals surface area (Å²) in [7, 11) is 7.44. The van der Waals surface area contributed by atoms with E-state index in [4.69, 9.17) is 4.74 Å². The van der Waals surface area contributed by atoms with Crippen molar-refractivity contribution >= 4 is 17.6 Å². The van der Waals surface area contributed by atoms with Crippen LogP contribution in [0.1, 0.15) is 31.1 Å². The van der Waals surface area contributed by atoms with Gasteiger partial charge in [0.2, 0.25) is 0 Å². The van der Waals surface area contributed by atoms with E-state index < -0.39 is 0 Å². The Kier molecular flexibility index (Phi) is 6.57. The lowest BCUT2D eigenvalue weighted by atomic mass is 10.0. The number of carbonyl (C=O) groups excluding carboxylic acids is 2. The molecule has 1 aromatic rings. The number of fused-ring (bicyclic) bond motifs is 1. The van der Waals surface area contributed by atoms with Crippen molar-refractivity contribution in [3.63, 3.8) is 0 Å². The Morgan fingerprint density at radius 1 is 1.33 bits per heavy atom. The number of amides is 3. The highest BCUT2D eigenvalue weighted by atomic mass is 16.5. The molecule has 0 saturated carbocycles. The summed E-state index contributed by atoms with van der Waals surface area (Å²) in [6.45, 7) is 6.91. The molecule has 0 saturated heterocycles. The fourth-order valence-corrected chi connectivity index (χ4v) is 3.11. The molecule has 2 rings (SSSR count). The van der Waals surface area contributed by atoms with Gasteiger partial charge in [0.1, 0.15) is 11.9 Å². The second-order valence-corrected chi connectivity index (χ2v) is 7.88. The Morgan fingerprint density at radius 2 is 2.00 bits per heavy atom. The molecule has 7 nitrogen and oxygen atoms in total. The molecule has 0 radical (unpaired) electrons. The normalized spacial score (nSPS) is 19.7. The summed E-state index contributed by atoms with van der Waals surface area (Å²) in [4.78, 5) is 30.4. The molecule has 1 aromatic carbocycles. The monoisotopic (exact) mass is 376 g/mol. The quantitative estimate of drug-likeness (QED) is 0.876. The van der Waals surface area contributed by atoms with E-state index in [1.54, 1.807) is 16.8 Å². The van der Waals surface area contributed by atoms with Gasteiger partial charge in [0.05, 0.1) is 12.1 Å². The third-order valence-corrected chi connectivity index (χ3v) is 4.74. The third kappa shape index (κ3) is 5.05. The molecule has 2 atom stereocenters. The number of nitrogens with one attached hydrogen (secondary N) is 1. The maximum Gasteiger partial charge on any atom is 0.317 e. The second-order valence-electron chi connectivity index (χ2n) is 7.88. The first-order valence-corrected chi connectivity index (χ1v) is 9.35. The van der Waals surface area contributed by atoms with Crippen LogP contribution in [0, 0.1) is 5.92 Å². The number of anilines is 1. The molecular weight excluding hydrogens is 344 g/mol. The molecule has 0 fully saturated rings. The van der Waals surface area contributed by atoms with E-state index in [-0.39, 0.29) is 30.0 Å². The Morgan fingerprint density at radius 3 is 2.59 bits per heavy atom. The summed E-state index contributed by atoms with van der Waals surface area (Å²) >= 11 is 0. The lowest BCUT2D eigenvalue weighted by molar-refractivity contribution is 0.0577. The van der Waals surface area contributed by atoms with Gasteiger partial charge in [0.25, 0.3) is 5.91 Å². The lowest BCUT2D eigenvalue weighted by Gasteiger charge is -2.35. The smallest absolute Gasteiger partial charge is 0.317 e. The number of urea groups is 1. The van der Waals surface area contributed by atoms with Crippen molar-refractivity contribution in [2.45, 2.75) is 32.9 Å². The number of nitrogens with zero attached hydrogens (tertiary/aromatic N) is 3. The van der Waals surface area contributed by atoms with Crippen LogP contribution >= 0.6 is 0 Å². The highest BCUT2D eigenvalue weighted by molar-refractivity contribution is 5.98. The molecule has 1 N–H and O–H groups in total. The van der Waals surface area contributed by atoms with Crippen molar-refractivity contribution < 1.29 is 14.3 Å². The molecule has 0 aromatic heterocycles. The fraction of sp³-hybridized carbons (Fsp3) is 0.600. The van der Waals surface area contributed by atoms with Crippen LogP contribution in [-0.2, 0) is 0 Å². The van der Waals surface area contributed by atoms with Gasteiger partial charge in [0, 0.05) is 52.4 Å². The zero-order chi connectivity index (χ0) is 20.3. The molecule has 0 aliphatic carbocycles. The van der Waals surface area contributed by atoms with Crippen molar-refractivity contribution in [1.29, 1.82) is 0 Å². The minimum Gasteiger partial charge on any atom is -0.487 e. The molecule has 1 aliphatic heterocycles. The summed E-state index contributed by atoms with van der Waals surface area (Å²) in [6.07, 6.45) is -0.215. The molecular formula is C20H32N4O3. The van der Waals surface area contributed by atoms with Crippen LogP contribution in [0.2, 0.25) is 0 Å². The first-order chi connectivity index (χ1) is 12.6. The van der Waals surface area contributed by atoms with Gasteiger partial charge in [-0.1, -0.05) is 6.92 Å². The van der Waals surface area contributed by atoms with E-state index in [1.165, 1.54) is 0 Å². The standard InChI is InChI=1S/C20H32N4O3/c1-13(2)21-20(26)24(7)12-18-14(3)11-23(6)19(25)16-10-15(22(4)5)8-9-17(16)27-18/h8-10,13-14,18H,11-12H2,1-7H3,(H,21,26)/t14-,18+/m0/s1. The van der Waals surface area contributed by atoms with Gasteiger partial charge >= 0.3 is 6.03 Å². The molecule has 7 heteroatoms. The molecule has 1 aliphatic rings. The summed E-state index contributed by atoms with van der Waals surface area (Å²) in [6, 6.07) is 5.58. The SMILES string of the molecule is CC(C)NC(=O)N(C)C[C@H]1Oc2ccc(N(C)C)cc2C(=O)N(C)C[C@@H]1C. The highest BCUT2D eigenvalue weighted by Gasteiger charge is 2.31. The number of carbonyl (C=O) groups is 2. The minimum absolute atomic E-state index is 0.0510. The summed E-state index contributed by atoms with van der Waals surface area (Å²) in [5, 5.41) is 2.89. The van der Waals surface area contributed by atoms with Gasteiger partial charge in [-0.15, -0.1) is 0 Å².